The Kier molecular flexibility index (Phi) is 7.07. The van der Waals surface area contributed by atoms with E-state index in [1.807, 2.05) is 30.3 Å². The normalized spacial score (nSPS) is 28.4. The number of carbonyl (C=O) groups excluding carboxylic acids is 1. The topological polar surface area (TPSA) is 54.0 Å². The molecule has 5 nitrogen and oxygen atoms in total. The number of rotatable bonds is 7. The van der Waals surface area contributed by atoms with Crippen molar-refractivity contribution in [3.8, 4) is 0 Å². The van der Waals surface area contributed by atoms with Crippen LogP contribution in [-0.4, -0.2) is 45.1 Å². The molecule has 28 heavy (non-hydrogen) atoms. The number of halogens is 1. The molecular formula is C21H33FO5Si. The van der Waals surface area contributed by atoms with Crippen molar-refractivity contribution in [2.75, 3.05) is 6.61 Å². The van der Waals surface area contributed by atoms with E-state index in [4.69, 9.17) is 18.6 Å². The first-order valence-electron chi connectivity index (χ1n) is 9.65. The molecule has 4 atom stereocenters. The van der Waals surface area contributed by atoms with Crippen molar-refractivity contribution in [1.29, 1.82) is 0 Å². The van der Waals surface area contributed by atoms with Crippen molar-refractivity contribution >= 4 is 14.3 Å². The Morgan fingerprint density at radius 2 is 1.86 bits per heavy atom. The highest BCUT2D eigenvalue weighted by Gasteiger charge is 2.59. The van der Waals surface area contributed by atoms with E-state index in [2.05, 4.69) is 33.9 Å². The van der Waals surface area contributed by atoms with Crippen LogP contribution in [0.3, 0.4) is 0 Å². The SMILES string of the molecule is CC(=O)O[C@@H]1O[C@H](COCc2ccccc2)[C@@H](O[Si](C)(C)C(C)(C)C)[C@@]1(C)F. The lowest BCUT2D eigenvalue weighted by molar-refractivity contribution is -0.194. The summed E-state index contributed by atoms with van der Waals surface area (Å²) < 4.78 is 38.7. The third-order valence-electron chi connectivity index (χ3n) is 5.55. The summed E-state index contributed by atoms with van der Waals surface area (Å²) in [5.41, 5.74) is -0.955. The molecule has 1 aliphatic rings. The molecule has 1 fully saturated rings. The van der Waals surface area contributed by atoms with Crippen LogP contribution in [0, 0.1) is 0 Å². The van der Waals surface area contributed by atoms with E-state index in [0.29, 0.717) is 6.61 Å². The van der Waals surface area contributed by atoms with Crippen molar-refractivity contribution in [2.45, 2.75) is 83.5 Å². The van der Waals surface area contributed by atoms with Crippen LogP contribution in [0.5, 0.6) is 0 Å². The molecule has 0 aliphatic carbocycles. The lowest BCUT2D eigenvalue weighted by Crippen LogP contribution is -2.53. The fraction of sp³-hybridized carbons (Fsp3) is 0.667. The maximum Gasteiger partial charge on any atom is 0.305 e. The van der Waals surface area contributed by atoms with Crippen LogP contribution in [0.4, 0.5) is 4.39 Å². The van der Waals surface area contributed by atoms with Crippen LogP contribution in [0.25, 0.3) is 0 Å². The van der Waals surface area contributed by atoms with Crippen LogP contribution < -0.4 is 0 Å². The molecular weight excluding hydrogens is 379 g/mol. The average Bonchev–Trinajstić information content (AvgIpc) is 2.78. The fourth-order valence-corrected chi connectivity index (χ4v) is 4.20. The van der Waals surface area contributed by atoms with E-state index in [1.165, 1.54) is 13.8 Å². The van der Waals surface area contributed by atoms with Crippen LogP contribution in [-0.2, 0) is 30.0 Å². The Labute approximate surface area is 168 Å². The van der Waals surface area contributed by atoms with E-state index in [9.17, 15) is 4.79 Å². The van der Waals surface area contributed by atoms with E-state index >= 15 is 4.39 Å². The van der Waals surface area contributed by atoms with E-state index in [-0.39, 0.29) is 11.6 Å². The summed E-state index contributed by atoms with van der Waals surface area (Å²) in [6.07, 6.45) is -2.87. The van der Waals surface area contributed by atoms with Gasteiger partial charge in [-0.1, -0.05) is 51.1 Å². The molecule has 1 aromatic rings. The van der Waals surface area contributed by atoms with Gasteiger partial charge in [0.15, 0.2) is 14.0 Å². The predicted octanol–water partition coefficient (Wildman–Crippen LogP) is 4.61. The summed E-state index contributed by atoms with van der Waals surface area (Å²) in [6, 6.07) is 9.72. The lowest BCUT2D eigenvalue weighted by Gasteiger charge is -2.41. The zero-order valence-electron chi connectivity index (χ0n) is 18.0. The maximum absolute atomic E-state index is 15.7. The number of carbonyl (C=O) groups is 1. The minimum atomic E-state index is -2.29. The fourth-order valence-electron chi connectivity index (χ4n) is 2.83. The Morgan fingerprint density at radius 1 is 1.25 bits per heavy atom. The summed E-state index contributed by atoms with van der Waals surface area (Å²) in [6.45, 7) is 13.5. The van der Waals surface area contributed by atoms with Gasteiger partial charge in [-0.2, -0.15) is 0 Å². The van der Waals surface area contributed by atoms with Crippen molar-refractivity contribution in [1.82, 2.24) is 0 Å². The van der Waals surface area contributed by atoms with Gasteiger partial charge < -0.3 is 18.6 Å². The minimum Gasteiger partial charge on any atom is -0.432 e. The molecule has 2 rings (SSSR count). The monoisotopic (exact) mass is 412 g/mol. The quantitative estimate of drug-likeness (QED) is 0.483. The summed E-state index contributed by atoms with van der Waals surface area (Å²) in [4.78, 5) is 11.4. The molecule has 0 N–H and O–H groups in total. The van der Waals surface area contributed by atoms with Gasteiger partial charge in [0.25, 0.3) is 0 Å². The first kappa shape index (κ1) is 23.0. The summed E-state index contributed by atoms with van der Waals surface area (Å²) in [7, 11) is -2.29. The first-order valence-corrected chi connectivity index (χ1v) is 12.6. The number of ether oxygens (including phenoxy) is 3. The Hall–Kier alpha value is -1.28. The number of hydrogen-bond acceptors (Lipinski definition) is 5. The lowest BCUT2D eigenvalue weighted by atomic mass is 10.00. The smallest absolute Gasteiger partial charge is 0.305 e. The Morgan fingerprint density at radius 3 is 2.39 bits per heavy atom. The number of alkyl halides is 1. The zero-order valence-corrected chi connectivity index (χ0v) is 19.0. The molecule has 7 heteroatoms. The zero-order chi connectivity index (χ0) is 21.2. The molecule has 1 aromatic carbocycles. The molecule has 0 radical (unpaired) electrons. The summed E-state index contributed by atoms with van der Waals surface area (Å²) in [5, 5.41) is -0.0992. The van der Waals surface area contributed by atoms with Crippen molar-refractivity contribution < 1.29 is 27.8 Å². The van der Waals surface area contributed by atoms with Gasteiger partial charge in [0.05, 0.1) is 13.2 Å². The van der Waals surface area contributed by atoms with Gasteiger partial charge in [0.2, 0.25) is 6.29 Å². The van der Waals surface area contributed by atoms with Crippen molar-refractivity contribution in [3.63, 3.8) is 0 Å². The molecule has 158 valence electrons. The van der Waals surface area contributed by atoms with Crippen LogP contribution in [0.2, 0.25) is 18.1 Å². The van der Waals surface area contributed by atoms with E-state index in [1.54, 1.807) is 0 Å². The predicted molar refractivity (Wildman–Crippen MR) is 108 cm³/mol. The highest BCUT2D eigenvalue weighted by Crippen LogP contribution is 2.44. The molecule has 1 saturated heterocycles. The molecule has 0 unspecified atom stereocenters. The second-order valence-electron chi connectivity index (χ2n) is 9.07. The van der Waals surface area contributed by atoms with Gasteiger partial charge in [-0.25, -0.2) is 4.39 Å². The number of benzene rings is 1. The van der Waals surface area contributed by atoms with Gasteiger partial charge >= 0.3 is 5.97 Å². The third-order valence-corrected chi connectivity index (χ3v) is 10.0. The molecule has 0 amide bonds. The highest BCUT2D eigenvalue weighted by molar-refractivity contribution is 6.74. The van der Waals surface area contributed by atoms with E-state index < -0.39 is 38.5 Å². The number of hydrogen-bond donors (Lipinski definition) is 0. The largest absolute Gasteiger partial charge is 0.432 e. The molecule has 0 saturated carbocycles. The second kappa shape index (κ2) is 8.61. The minimum absolute atomic E-state index is 0.0992. The van der Waals surface area contributed by atoms with Gasteiger partial charge in [-0.05, 0) is 30.6 Å². The standard InChI is InChI=1S/C21H33FO5Si/c1-15(23)25-19-21(5,22)18(27-28(6,7)20(2,3)4)17(26-19)14-24-13-16-11-9-8-10-12-16/h8-12,17-19H,13-14H2,1-7H3/t17-,18-,19-,21-/m1/s1. The highest BCUT2D eigenvalue weighted by atomic mass is 28.4. The van der Waals surface area contributed by atoms with Gasteiger partial charge in [0.1, 0.15) is 12.2 Å². The third kappa shape index (κ3) is 5.41. The number of esters is 1. The van der Waals surface area contributed by atoms with Crippen LogP contribution in [0.1, 0.15) is 40.2 Å². The Bertz CT molecular complexity index is 657. The molecule has 0 bridgehead atoms. The van der Waals surface area contributed by atoms with Gasteiger partial charge in [0, 0.05) is 6.92 Å². The van der Waals surface area contributed by atoms with Gasteiger partial charge in [-0.3, -0.25) is 4.79 Å². The average molecular weight is 413 g/mol. The maximum atomic E-state index is 15.7. The van der Waals surface area contributed by atoms with Crippen LogP contribution >= 0.6 is 0 Å². The van der Waals surface area contributed by atoms with Crippen molar-refractivity contribution in [2.24, 2.45) is 0 Å². The first-order chi connectivity index (χ1) is 12.8. The van der Waals surface area contributed by atoms with E-state index in [0.717, 1.165) is 5.56 Å². The Balaban J connectivity index is 2.15. The van der Waals surface area contributed by atoms with Gasteiger partial charge in [-0.15, -0.1) is 0 Å². The van der Waals surface area contributed by atoms with Crippen LogP contribution in [0.15, 0.2) is 30.3 Å². The molecule has 0 aromatic heterocycles. The summed E-state index contributed by atoms with van der Waals surface area (Å²) in [5.74, 6) is -0.592. The molecule has 1 heterocycles. The second-order valence-corrected chi connectivity index (χ2v) is 13.8. The van der Waals surface area contributed by atoms with Crippen molar-refractivity contribution in [3.05, 3.63) is 35.9 Å². The molecule has 0 spiro atoms. The molecule has 1 aliphatic heterocycles. The summed E-state index contributed by atoms with van der Waals surface area (Å²) >= 11 is 0.